The van der Waals surface area contributed by atoms with Crippen LogP contribution in [0.15, 0.2) is 24.3 Å². The summed E-state index contributed by atoms with van der Waals surface area (Å²) in [5, 5.41) is 12.5. The molecule has 1 saturated heterocycles. The summed E-state index contributed by atoms with van der Waals surface area (Å²) in [6.07, 6.45) is 1.08. The lowest BCUT2D eigenvalue weighted by atomic mass is 9.98. The smallest absolute Gasteiger partial charge is 0.322 e. The van der Waals surface area contributed by atoms with Crippen molar-refractivity contribution in [3.63, 3.8) is 0 Å². The second-order valence-electron chi connectivity index (χ2n) is 6.31. The highest BCUT2D eigenvalue weighted by atomic mass is 16.4. The van der Waals surface area contributed by atoms with Crippen LogP contribution >= 0.6 is 0 Å². The second-order valence-corrected chi connectivity index (χ2v) is 6.31. The van der Waals surface area contributed by atoms with Gasteiger partial charge in [-0.25, -0.2) is 0 Å². The van der Waals surface area contributed by atoms with Gasteiger partial charge in [0, 0.05) is 25.7 Å². The van der Waals surface area contributed by atoms with Gasteiger partial charge in [-0.05, 0) is 30.4 Å². The van der Waals surface area contributed by atoms with Gasteiger partial charge >= 0.3 is 5.97 Å². The average molecular weight is 290 g/mol. The molecule has 0 aliphatic carbocycles. The van der Waals surface area contributed by atoms with Crippen LogP contribution in [0.2, 0.25) is 0 Å². The van der Waals surface area contributed by atoms with E-state index in [9.17, 15) is 9.90 Å². The summed E-state index contributed by atoms with van der Waals surface area (Å²) in [7, 11) is 0. The second kappa shape index (κ2) is 7.05. The van der Waals surface area contributed by atoms with Crippen molar-refractivity contribution in [2.45, 2.75) is 39.3 Å². The molecule has 1 aromatic carbocycles. The molecule has 0 amide bonds. The molecule has 1 heterocycles. The Morgan fingerprint density at radius 3 is 2.57 bits per heavy atom. The predicted octanol–water partition coefficient (Wildman–Crippen LogP) is 2.30. The third-order valence-electron chi connectivity index (χ3n) is 4.17. The first kappa shape index (κ1) is 16.0. The normalized spacial score (nSPS) is 21.4. The number of nitrogens with one attached hydrogen (secondary N) is 1. The van der Waals surface area contributed by atoms with E-state index in [4.69, 9.17) is 0 Å². The fourth-order valence-corrected chi connectivity index (χ4v) is 3.01. The Morgan fingerprint density at radius 1 is 1.33 bits per heavy atom. The first-order valence-electron chi connectivity index (χ1n) is 7.77. The monoisotopic (exact) mass is 290 g/mol. The molecule has 1 aliphatic rings. The Balaban J connectivity index is 2.10. The number of piperazine rings is 1. The van der Waals surface area contributed by atoms with E-state index in [1.807, 2.05) is 0 Å². The number of benzene rings is 1. The zero-order valence-electron chi connectivity index (χ0n) is 13.2. The standard InChI is InChI=1S/C17H26N2O2/c1-12(2)10-14-4-6-15(7-5-14)13(3)19-9-8-18-11-16(19)17(20)21/h4-7,12-13,16,18H,8-11H2,1-3H3,(H,20,21). The van der Waals surface area contributed by atoms with Gasteiger partial charge in [-0.2, -0.15) is 0 Å². The number of aliphatic carboxylic acids is 1. The minimum atomic E-state index is -0.745. The number of hydrogen-bond acceptors (Lipinski definition) is 3. The molecular formula is C17H26N2O2. The van der Waals surface area contributed by atoms with Crippen molar-refractivity contribution < 1.29 is 9.90 Å². The van der Waals surface area contributed by atoms with E-state index >= 15 is 0 Å². The summed E-state index contributed by atoms with van der Waals surface area (Å²) >= 11 is 0. The van der Waals surface area contributed by atoms with Gasteiger partial charge in [-0.1, -0.05) is 38.1 Å². The highest BCUT2D eigenvalue weighted by Crippen LogP contribution is 2.24. The van der Waals surface area contributed by atoms with E-state index in [1.54, 1.807) is 0 Å². The fraction of sp³-hybridized carbons (Fsp3) is 0.588. The zero-order valence-corrected chi connectivity index (χ0v) is 13.2. The van der Waals surface area contributed by atoms with Crippen LogP contribution in [0.25, 0.3) is 0 Å². The maximum atomic E-state index is 11.4. The summed E-state index contributed by atoms with van der Waals surface area (Å²) in [4.78, 5) is 13.5. The lowest BCUT2D eigenvalue weighted by molar-refractivity contribution is -0.145. The SMILES string of the molecule is CC(C)Cc1ccc(C(C)N2CCNCC2C(=O)O)cc1. The molecule has 2 N–H and O–H groups in total. The Bertz CT molecular complexity index is 470. The van der Waals surface area contributed by atoms with E-state index in [1.165, 1.54) is 11.1 Å². The Hall–Kier alpha value is -1.39. The molecular weight excluding hydrogens is 264 g/mol. The zero-order chi connectivity index (χ0) is 15.4. The third kappa shape index (κ3) is 4.05. The molecule has 1 fully saturated rings. The van der Waals surface area contributed by atoms with Gasteiger partial charge in [0.2, 0.25) is 0 Å². The number of carboxylic acid groups (broad SMARTS) is 1. The Labute approximate surface area is 127 Å². The molecule has 21 heavy (non-hydrogen) atoms. The largest absolute Gasteiger partial charge is 0.480 e. The average Bonchev–Trinajstić information content (AvgIpc) is 2.46. The number of nitrogens with zero attached hydrogens (tertiary/aromatic N) is 1. The van der Waals surface area contributed by atoms with E-state index in [-0.39, 0.29) is 6.04 Å². The quantitative estimate of drug-likeness (QED) is 0.874. The first-order chi connectivity index (χ1) is 9.99. The minimum Gasteiger partial charge on any atom is -0.480 e. The fourth-order valence-electron chi connectivity index (χ4n) is 3.01. The first-order valence-corrected chi connectivity index (χ1v) is 7.77. The Kier molecular flexibility index (Phi) is 5.37. The van der Waals surface area contributed by atoms with Gasteiger partial charge in [-0.3, -0.25) is 9.69 Å². The lowest BCUT2D eigenvalue weighted by Gasteiger charge is -2.38. The number of carbonyl (C=O) groups is 1. The molecule has 0 spiro atoms. The molecule has 1 aromatic rings. The molecule has 4 nitrogen and oxygen atoms in total. The highest BCUT2D eigenvalue weighted by Gasteiger charge is 2.32. The number of hydrogen-bond donors (Lipinski definition) is 2. The Morgan fingerprint density at radius 2 is 2.00 bits per heavy atom. The van der Waals surface area contributed by atoms with Crippen molar-refractivity contribution in [1.82, 2.24) is 10.2 Å². The summed E-state index contributed by atoms with van der Waals surface area (Å²) in [5.74, 6) is -0.0942. The van der Waals surface area contributed by atoms with Crippen LogP contribution < -0.4 is 5.32 Å². The van der Waals surface area contributed by atoms with Crippen molar-refractivity contribution in [1.29, 1.82) is 0 Å². The van der Waals surface area contributed by atoms with Gasteiger partial charge < -0.3 is 10.4 Å². The predicted molar refractivity (Wildman–Crippen MR) is 84.4 cm³/mol. The van der Waals surface area contributed by atoms with Crippen LogP contribution in [0, 0.1) is 5.92 Å². The summed E-state index contributed by atoms with van der Waals surface area (Å²) in [6, 6.07) is 8.31. The molecule has 0 aromatic heterocycles. The van der Waals surface area contributed by atoms with Crippen molar-refractivity contribution in [2.24, 2.45) is 5.92 Å². The molecule has 4 heteroatoms. The summed E-state index contributed by atoms with van der Waals surface area (Å²) in [6.45, 7) is 8.67. The van der Waals surface area contributed by atoms with Crippen LogP contribution in [0.5, 0.6) is 0 Å². The van der Waals surface area contributed by atoms with Gasteiger partial charge in [-0.15, -0.1) is 0 Å². The van der Waals surface area contributed by atoms with Crippen molar-refractivity contribution in [2.75, 3.05) is 19.6 Å². The van der Waals surface area contributed by atoms with E-state index in [2.05, 4.69) is 55.3 Å². The third-order valence-corrected chi connectivity index (χ3v) is 4.17. The highest BCUT2D eigenvalue weighted by molar-refractivity contribution is 5.74. The van der Waals surface area contributed by atoms with Crippen LogP contribution in [-0.2, 0) is 11.2 Å². The van der Waals surface area contributed by atoms with E-state index in [0.717, 1.165) is 19.5 Å². The van der Waals surface area contributed by atoms with Crippen LogP contribution in [-0.4, -0.2) is 41.7 Å². The van der Waals surface area contributed by atoms with Crippen molar-refractivity contribution >= 4 is 5.97 Å². The van der Waals surface area contributed by atoms with Gasteiger partial charge in [0.05, 0.1) is 0 Å². The molecule has 1 aliphatic heterocycles. The van der Waals surface area contributed by atoms with Crippen molar-refractivity contribution in [3.8, 4) is 0 Å². The van der Waals surface area contributed by atoms with E-state index in [0.29, 0.717) is 12.5 Å². The molecule has 0 radical (unpaired) electrons. The topological polar surface area (TPSA) is 52.6 Å². The van der Waals surface area contributed by atoms with Crippen LogP contribution in [0.4, 0.5) is 0 Å². The maximum absolute atomic E-state index is 11.4. The lowest BCUT2D eigenvalue weighted by Crippen LogP contribution is -2.55. The molecule has 0 saturated carbocycles. The molecule has 2 atom stereocenters. The molecule has 2 rings (SSSR count). The van der Waals surface area contributed by atoms with Gasteiger partial charge in [0.15, 0.2) is 0 Å². The van der Waals surface area contributed by atoms with Crippen LogP contribution in [0.3, 0.4) is 0 Å². The van der Waals surface area contributed by atoms with Gasteiger partial charge in [0.25, 0.3) is 0 Å². The van der Waals surface area contributed by atoms with Gasteiger partial charge in [0.1, 0.15) is 6.04 Å². The summed E-state index contributed by atoms with van der Waals surface area (Å²) in [5.41, 5.74) is 2.53. The minimum absolute atomic E-state index is 0.126. The molecule has 2 unspecified atom stereocenters. The maximum Gasteiger partial charge on any atom is 0.322 e. The number of rotatable bonds is 5. The molecule has 116 valence electrons. The van der Waals surface area contributed by atoms with E-state index < -0.39 is 12.0 Å². The van der Waals surface area contributed by atoms with Crippen molar-refractivity contribution in [3.05, 3.63) is 35.4 Å². The molecule has 0 bridgehead atoms. The summed E-state index contributed by atoms with van der Waals surface area (Å²) < 4.78 is 0. The number of carboxylic acids is 1. The van der Waals surface area contributed by atoms with Crippen LogP contribution in [0.1, 0.15) is 37.9 Å².